The maximum atomic E-state index is 10.9. The summed E-state index contributed by atoms with van der Waals surface area (Å²) in [4.78, 5) is 17.0. The highest BCUT2D eigenvalue weighted by atomic mass is 35.5. The van der Waals surface area contributed by atoms with Crippen LogP contribution >= 0.6 is 36.4 Å². The monoisotopic (exact) mass is 313 g/mol. The van der Waals surface area contributed by atoms with Crippen LogP contribution in [-0.4, -0.2) is 42.2 Å². The maximum absolute atomic E-state index is 10.9. The zero-order chi connectivity index (χ0) is 11.5. The zero-order valence-corrected chi connectivity index (χ0v) is 11.8. The Morgan fingerprint density at radius 2 is 1.94 bits per heavy atom. The van der Waals surface area contributed by atoms with Crippen LogP contribution in [-0.2, 0) is 0 Å². The number of hydrogen-bond acceptors (Lipinski definition) is 4. The van der Waals surface area contributed by atoms with Crippen molar-refractivity contribution in [1.29, 1.82) is 0 Å². The van der Waals surface area contributed by atoms with E-state index in [1.807, 2.05) is 4.90 Å². The fraction of sp³-hybridized carbons (Fsp3) is 0.400. The number of carbonyl (C=O) groups is 1. The minimum atomic E-state index is -1.10. The van der Waals surface area contributed by atoms with Gasteiger partial charge < -0.3 is 15.3 Å². The first kappa shape index (κ1) is 17.2. The molecule has 1 aliphatic rings. The number of anilines is 1. The molecule has 8 heteroatoms. The molecule has 1 saturated heterocycles. The largest absolute Gasteiger partial charge is 0.476 e. The predicted octanol–water partition coefficient (Wildman–Crippen LogP) is 1.69. The number of nitrogens with one attached hydrogen (secondary N) is 1. The predicted molar refractivity (Wildman–Crippen MR) is 75.8 cm³/mol. The molecule has 18 heavy (non-hydrogen) atoms. The van der Waals surface area contributed by atoms with Crippen molar-refractivity contribution in [2.24, 2.45) is 0 Å². The Hall–Kier alpha value is -0.750. The second-order valence-corrected chi connectivity index (χ2v) is 3.95. The number of pyridine rings is 1. The van der Waals surface area contributed by atoms with Gasteiger partial charge in [0.2, 0.25) is 0 Å². The second kappa shape index (κ2) is 7.63. The highest BCUT2D eigenvalue weighted by Gasteiger charge is 2.16. The number of aromatic nitrogens is 1. The van der Waals surface area contributed by atoms with Gasteiger partial charge in [0.15, 0.2) is 5.69 Å². The van der Waals surface area contributed by atoms with Crippen LogP contribution in [0.25, 0.3) is 0 Å². The van der Waals surface area contributed by atoms with E-state index in [0.29, 0.717) is 5.82 Å². The molecule has 5 nitrogen and oxygen atoms in total. The van der Waals surface area contributed by atoms with Gasteiger partial charge in [0.05, 0.1) is 5.02 Å². The van der Waals surface area contributed by atoms with E-state index in [-0.39, 0.29) is 35.5 Å². The first-order chi connectivity index (χ1) is 7.68. The summed E-state index contributed by atoms with van der Waals surface area (Å²) in [5, 5.41) is 12.3. The van der Waals surface area contributed by atoms with Crippen LogP contribution in [0.15, 0.2) is 12.1 Å². The summed E-state index contributed by atoms with van der Waals surface area (Å²) in [5.41, 5.74) is -0.0855. The molecular weight excluding hydrogens is 300 g/mol. The molecule has 0 aliphatic carbocycles. The standard InChI is InChI=1S/C10H12ClN3O2.2ClH/c11-7-1-2-8(13-9(7)10(15)16)14-5-3-12-4-6-14;;/h1-2,12H,3-6H2,(H,15,16);2*1H. The van der Waals surface area contributed by atoms with Crippen LogP contribution in [0.4, 0.5) is 5.82 Å². The number of carboxylic acids is 1. The normalized spacial score (nSPS) is 14.4. The minimum absolute atomic E-state index is 0. The Kier molecular flexibility index (Phi) is 7.32. The Morgan fingerprint density at radius 1 is 1.33 bits per heavy atom. The smallest absolute Gasteiger partial charge is 0.356 e. The summed E-state index contributed by atoms with van der Waals surface area (Å²) in [6.07, 6.45) is 0. The molecule has 2 heterocycles. The molecule has 0 atom stereocenters. The average molecular weight is 315 g/mol. The highest BCUT2D eigenvalue weighted by molar-refractivity contribution is 6.33. The van der Waals surface area contributed by atoms with Gasteiger partial charge in [-0.15, -0.1) is 24.8 Å². The van der Waals surface area contributed by atoms with Gasteiger partial charge >= 0.3 is 5.97 Å². The highest BCUT2D eigenvalue weighted by Crippen LogP contribution is 2.19. The van der Waals surface area contributed by atoms with E-state index >= 15 is 0 Å². The molecule has 2 N–H and O–H groups in total. The lowest BCUT2D eigenvalue weighted by Crippen LogP contribution is -2.44. The Bertz CT molecular complexity index is 411. The van der Waals surface area contributed by atoms with E-state index in [9.17, 15) is 4.79 Å². The van der Waals surface area contributed by atoms with Crippen molar-refractivity contribution in [3.63, 3.8) is 0 Å². The van der Waals surface area contributed by atoms with Crippen molar-refractivity contribution in [2.75, 3.05) is 31.1 Å². The number of hydrogen-bond donors (Lipinski definition) is 2. The molecule has 2 rings (SSSR count). The number of piperazine rings is 1. The van der Waals surface area contributed by atoms with Gasteiger partial charge in [0.25, 0.3) is 0 Å². The lowest BCUT2D eigenvalue weighted by atomic mass is 10.3. The van der Waals surface area contributed by atoms with Crippen molar-refractivity contribution < 1.29 is 9.90 Å². The molecule has 0 radical (unpaired) electrons. The fourth-order valence-corrected chi connectivity index (χ4v) is 1.84. The Morgan fingerprint density at radius 3 is 2.50 bits per heavy atom. The Balaban J connectivity index is 0.00000144. The van der Waals surface area contributed by atoms with E-state index in [0.717, 1.165) is 26.2 Å². The third-order valence-electron chi connectivity index (χ3n) is 2.47. The topological polar surface area (TPSA) is 65.5 Å². The SMILES string of the molecule is Cl.Cl.O=C(O)c1nc(N2CCNCC2)ccc1Cl. The second-order valence-electron chi connectivity index (χ2n) is 3.54. The third-order valence-corrected chi connectivity index (χ3v) is 2.78. The van der Waals surface area contributed by atoms with Gasteiger partial charge in [-0.2, -0.15) is 0 Å². The maximum Gasteiger partial charge on any atom is 0.356 e. The minimum Gasteiger partial charge on any atom is -0.476 e. The first-order valence-electron chi connectivity index (χ1n) is 5.04. The van der Waals surface area contributed by atoms with E-state index in [4.69, 9.17) is 16.7 Å². The van der Waals surface area contributed by atoms with Crippen LogP contribution in [0, 0.1) is 0 Å². The molecule has 1 aromatic rings. The molecule has 1 aliphatic heterocycles. The quantitative estimate of drug-likeness (QED) is 0.869. The van der Waals surface area contributed by atoms with Crippen molar-refractivity contribution >= 4 is 48.2 Å². The number of rotatable bonds is 2. The lowest BCUT2D eigenvalue weighted by molar-refractivity contribution is 0.0691. The summed E-state index contributed by atoms with van der Waals surface area (Å²) in [6, 6.07) is 3.33. The van der Waals surface area contributed by atoms with Gasteiger partial charge in [-0.3, -0.25) is 0 Å². The van der Waals surface area contributed by atoms with Crippen LogP contribution < -0.4 is 10.2 Å². The number of nitrogens with zero attached hydrogens (tertiary/aromatic N) is 2. The fourth-order valence-electron chi connectivity index (χ4n) is 1.65. The zero-order valence-electron chi connectivity index (χ0n) is 9.43. The molecule has 102 valence electrons. The van der Waals surface area contributed by atoms with Crippen LogP contribution in [0.2, 0.25) is 5.02 Å². The van der Waals surface area contributed by atoms with Gasteiger partial charge in [0.1, 0.15) is 5.82 Å². The molecule has 0 unspecified atom stereocenters. The molecule has 0 bridgehead atoms. The van der Waals surface area contributed by atoms with E-state index < -0.39 is 5.97 Å². The van der Waals surface area contributed by atoms with E-state index in [1.54, 1.807) is 12.1 Å². The van der Waals surface area contributed by atoms with Gasteiger partial charge in [-0.25, -0.2) is 9.78 Å². The van der Waals surface area contributed by atoms with Crippen molar-refractivity contribution in [1.82, 2.24) is 10.3 Å². The Labute approximate surface area is 122 Å². The lowest BCUT2D eigenvalue weighted by Gasteiger charge is -2.28. The number of carboxylic acid groups (broad SMARTS) is 1. The van der Waals surface area contributed by atoms with Gasteiger partial charge in [-0.05, 0) is 12.1 Å². The average Bonchev–Trinajstić information content (AvgIpc) is 2.30. The number of halogens is 3. The molecule has 0 amide bonds. The molecule has 1 aromatic heterocycles. The number of aromatic carboxylic acids is 1. The first-order valence-corrected chi connectivity index (χ1v) is 5.42. The molecule has 1 fully saturated rings. The van der Waals surface area contributed by atoms with Crippen molar-refractivity contribution in [2.45, 2.75) is 0 Å². The molecule has 0 aromatic carbocycles. The van der Waals surface area contributed by atoms with Crippen LogP contribution in [0.3, 0.4) is 0 Å². The summed E-state index contributed by atoms with van der Waals surface area (Å²) in [6.45, 7) is 3.42. The summed E-state index contributed by atoms with van der Waals surface area (Å²) >= 11 is 5.76. The third kappa shape index (κ3) is 3.88. The van der Waals surface area contributed by atoms with Crippen molar-refractivity contribution in [3.05, 3.63) is 22.8 Å². The summed E-state index contributed by atoms with van der Waals surface area (Å²) < 4.78 is 0. The van der Waals surface area contributed by atoms with Crippen molar-refractivity contribution in [3.8, 4) is 0 Å². The van der Waals surface area contributed by atoms with Crippen LogP contribution in [0.1, 0.15) is 10.5 Å². The molecule has 0 saturated carbocycles. The van der Waals surface area contributed by atoms with Gasteiger partial charge in [0, 0.05) is 26.2 Å². The van der Waals surface area contributed by atoms with E-state index in [2.05, 4.69) is 10.3 Å². The van der Waals surface area contributed by atoms with E-state index in [1.165, 1.54) is 0 Å². The van der Waals surface area contributed by atoms with Gasteiger partial charge in [-0.1, -0.05) is 11.6 Å². The van der Waals surface area contributed by atoms with Crippen LogP contribution in [0.5, 0.6) is 0 Å². The molecular formula is C10H14Cl3N3O2. The molecule has 0 spiro atoms. The summed E-state index contributed by atoms with van der Waals surface area (Å²) in [5.74, 6) is -0.426. The summed E-state index contributed by atoms with van der Waals surface area (Å²) in [7, 11) is 0.